The highest BCUT2D eigenvalue weighted by Gasteiger charge is 2.14. The topological polar surface area (TPSA) is 182 Å². The number of aliphatic hydroxyl groups is 2. The van der Waals surface area contributed by atoms with Crippen LogP contribution in [0.25, 0.3) is 44.8 Å². The quantitative estimate of drug-likeness (QED) is 0.235. The highest BCUT2D eigenvalue weighted by atomic mass is 35.5. The average Bonchev–Trinajstić information content (AvgIpc) is 3.12. The van der Waals surface area contributed by atoms with Gasteiger partial charge in [-0.3, -0.25) is 28.5 Å². The first-order valence-corrected chi connectivity index (χ1v) is 15.1. The monoisotopic (exact) mass is 682 g/mol. The largest absolute Gasteiger partial charge is 0.395 e. The summed E-state index contributed by atoms with van der Waals surface area (Å²) in [6, 6.07) is 19.5. The maximum Gasteiger partial charge on any atom is 0.278 e. The van der Waals surface area contributed by atoms with E-state index in [2.05, 4.69) is 29.9 Å². The molecule has 0 unspecified atom stereocenters. The van der Waals surface area contributed by atoms with Crippen LogP contribution in [0.15, 0.2) is 118 Å². The lowest BCUT2D eigenvalue weighted by atomic mass is 10.1. The molecule has 0 saturated heterocycles. The Hall–Kier alpha value is -5.96. The molecule has 0 saturated carbocycles. The van der Waals surface area contributed by atoms with Crippen LogP contribution >= 0.6 is 11.6 Å². The van der Waals surface area contributed by atoms with Crippen molar-refractivity contribution in [3.63, 3.8) is 0 Å². The lowest BCUT2D eigenvalue weighted by molar-refractivity contribution is 0.275. The predicted octanol–water partition coefficient (Wildman–Crippen LogP) is 3.46. The fraction of sp³-hybridized carbons (Fsp3) is 0.118. The van der Waals surface area contributed by atoms with Gasteiger partial charge in [0.25, 0.3) is 16.7 Å². The Morgan fingerprint density at radius 1 is 0.694 bits per heavy atom. The first kappa shape index (κ1) is 34.4. The van der Waals surface area contributed by atoms with Crippen LogP contribution in [0.1, 0.15) is 0 Å². The van der Waals surface area contributed by atoms with E-state index in [1.165, 1.54) is 52.0 Å². The number of aliphatic hydroxyl groups excluding tert-OH is 2. The van der Waals surface area contributed by atoms with Crippen molar-refractivity contribution in [2.24, 2.45) is 0 Å². The number of aromatic amines is 1. The number of nitrogens with zero attached hydrogens (tertiary/aromatic N) is 7. The van der Waals surface area contributed by atoms with E-state index in [0.717, 1.165) is 0 Å². The van der Waals surface area contributed by atoms with Crippen LogP contribution in [-0.4, -0.2) is 62.5 Å². The SMILES string of the molecule is O=c1c(-c2ccc(Cl)cc2)nc2cccnc2n1CCO.O=c1c(-c2ccc(F)cc2)nc2cccnc2n1CCO.O=c1cncc[nH]1. The molecule has 0 aliphatic carbocycles. The van der Waals surface area contributed by atoms with Gasteiger partial charge in [0.2, 0.25) is 0 Å². The van der Waals surface area contributed by atoms with Gasteiger partial charge in [0.05, 0.1) is 32.5 Å². The van der Waals surface area contributed by atoms with Crippen molar-refractivity contribution in [2.75, 3.05) is 13.2 Å². The molecule has 0 aliphatic heterocycles. The zero-order valence-electron chi connectivity index (χ0n) is 25.6. The first-order chi connectivity index (χ1) is 23.8. The summed E-state index contributed by atoms with van der Waals surface area (Å²) < 4.78 is 15.8. The van der Waals surface area contributed by atoms with Gasteiger partial charge in [0, 0.05) is 40.9 Å². The number of nitrogens with one attached hydrogen (secondary N) is 1. The summed E-state index contributed by atoms with van der Waals surface area (Å²) >= 11 is 5.87. The summed E-state index contributed by atoms with van der Waals surface area (Å²) in [5.41, 5.74) is 2.98. The Morgan fingerprint density at radius 2 is 1.18 bits per heavy atom. The van der Waals surface area contributed by atoms with Crippen LogP contribution in [0.2, 0.25) is 5.02 Å². The standard InChI is InChI=1S/C15H12ClN3O2.C15H12FN3O2.C4H4N2O/c2*16-11-5-3-10(4-6-11)13-15(21)19(8-9-20)14-12(18-13)2-1-7-17-14;7-4-3-5-1-2-6-4/h2*1-7,20H,8-9H2;1-3H,(H,6,7). The van der Waals surface area contributed by atoms with Crippen LogP contribution < -0.4 is 16.7 Å². The van der Waals surface area contributed by atoms with Gasteiger partial charge in [-0.1, -0.05) is 23.7 Å². The molecule has 49 heavy (non-hydrogen) atoms. The highest BCUT2D eigenvalue weighted by molar-refractivity contribution is 6.30. The minimum atomic E-state index is -0.378. The smallest absolute Gasteiger partial charge is 0.278 e. The summed E-state index contributed by atoms with van der Waals surface area (Å²) in [7, 11) is 0. The molecule has 0 bridgehead atoms. The number of rotatable bonds is 6. The van der Waals surface area contributed by atoms with Crippen molar-refractivity contribution < 1.29 is 14.6 Å². The molecule has 13 nitrogen and oxygen atoms in total. The molecule has 15 heteroatoms. The molecule has 248 valence electrons. The fourth-order valence-corrected chi connectivity index (χ4v) is 4.79. The molecule has 0 radical (unpaired) electrons. The van der Waals surface area contributed by atoms with E-state index in [9.17, 15) is 23.9 Å². The number of aromatic nitrogens is 8. The lowest BCUT2D eigenvalue weighted by Crippen LogP contribution is -2.25. The zero-order chi connectivity index (χ0) is 34.8. The Morgan fingerprint density at radius 3 is 1.59 bits per heavy atom. The normalized spacial score (nSPS) is 10.6. The second-order valence-electron chi connectivity index (χ2n) is 10.1. The number of hydrogen-bond donors (Lipinski definition) is 3. The molecule has 0 spiro atoms. The molecule has 0 amide bonds. The molecule has 0 atom stereocenters. The van der Waals surface area contributed by atoms with Gasteiger partial charge in [0.1, 0.15) is 28.2 Å². The molecule has 0 fully saturated rings. The number of halogens is 2. The zero-order valence-corrected chi connectivity index (χ0v) is 26.4. The Bertz CT molecular complexity index is 2200. The van der Waals surface area contributed by atoms with E-state index in [4.69, 9.17) is 16.7 Å². The van der Waals surface area contributed by atoms with Crippen LogP contribution in [-0.2, 0) is 13.1 Å². The Labute approximate surface area is 281 Å². The van der Waals surface area contributed by atoms with Gasteiger partial charge < -0.3 is 15.2 Å². The summed E-state index contributed by atoms with van der Waals surface area (Å²) in [6.45, 7) is -0.0212. The number of pyridine rings is 2. The molecule has 0 aliphatic rings. The van der Waals surface area contributed by atoms with Gasteiger partial charge in [-0.05, 0) is 60.7 Å². The lowest BCUT2D eigenvalue weighted by Gasteiger charge is -2.10. The molecule has 2 aromatic carbocycles. The molecular weight excluding hydrogens is 655 g/mol. The van der Waals surface area contributed by atoms with Gasteiger partial charge in [-0.2, -0.15) is 0 Å². The molecule has 5 heterocycles. The third-order valence-electron chi connectivity index (χ3n) is 6.86. The van der Waals surface area contributed by atoms with Crippen LogP contribution in [0.4, 0.5) is 4.39 Å². The molecule has 3 N–H and O–H groups in total. The number of benzene rings is 2. The van der Waals surface area contributed by atoms with E-state index >= 15 is 0 Å². The average molecular weight is 683 g/mol. The summed E-state index contributed by atoms with van der Waals surface area (Å²) in [5.74, 6) is -0.378. The highest BCUT2D eigenvalue weighted by Crippen LogP contribution is 2.19. The molecule has 7 rings (SSSR count). The van der Waals surface area contributed by atoms with E-state index in [-0.39, 0.29) is 54.5 Å². The van der Waals surface area contributed by atoms with Gasteiger partial charge in [-0.15, -0.1) is 0 Å². The summed E-state index contributed by atoms with van der Waals surface area (Å²) in [6.07, 6.45) is 7.39. The first-order valence-electron chi connectivity index (χ1n) is 14.7. The van der Waals surface area contributed by atoms with Crippen molar-refractivity contribution in [2.45, 2.75) is 13.1 Å². The maximum atomic E-state index is 13.0. The van der Waals surface area contributed by atoms with Crippen LogP contribution in [0.3, 0.4) is 0 Å². The van der Waals surface area contributed by atoms with Crippen molar-refractivity contribution in [3.05, 3.63) is 146 Å². The van der Waals surface area contributed by atoms with Crippen molar-refractivity contribution in [3.8, 4) is 22.5 Å². The van der Waals surface area contributed by atoms with E-state index in [1.807, 2.05) is 0 Å². The third-order valence-corrected chi connectivity index (χ3v) is 7.12. The summed E-state index contributed by atoms with van der Waals surface area (Å²) in [5, 5.41) is 18.9. The molecule has 7 aromatic rings. The molecule has 5 aromatic heterocycles. The summed E-state index contributed by atoms with van der Waals surface area (Å²) in [4.78, 5) is 58.2. The van der Waals surface area contributed by atoms with E-state index in [0.29, 0.717) is 44.2 Å². The molecular formula is C34H28ClFN8O5. The maximum absolute atomic E-state index is 13.0. The van der Waals surface area contributed by atoms with Gasteiger partial charge >= 0.3 is 0 Å². The Balaban J connectivity index is 0.000000160. The number of H-pyrrole nitrogens is 1. The number of hydrogen-bond acceptors (Lipinski definition) is 10. The minimum absolute atomic E-state index is 0.128. The van der Waals surface area contributed by atoms with E-state index in [1.54, 1.807) is 60.9 Å². The fourth-order valence-electron chi connectivity index (χ4n) is 4.67. The third kappa shape index (κ3) is 8.31. The van der Waals surface area contributed by atoms with Crippen LogP contribution in [0.5, 0.6) is 0 Å². The predicted molar refractivity (Wildman–Crippen MR) is 182 cm³/mol. The van der Waals surface area contributed by atoms with Crippen molar-refractivity contribution in [1.82, 2.24) is 39.0 Å². The van der Waals surface area contributed by atoms with Crippen molar-refractivity contribution in [1.29, 1.82) is 0 Å². The second kappa shape index (κ2) is 16.2. The van der Waals surface area contributed by atoms with Gasteiger partial charge in [0.15, 0.2) is 11.3 Å². The van der Waals surface area contributed by atoms with Crippen LogP contribution in [0, 0.1) is 5.82 Å². The van der Waals surface area contributed by atoms with E-state index < -0.39 is 0 Å². The van der Waals surface area contributed by atoms with Crippen molar-refractivity contribution >= 4 is 33.9 Å². The second-order valence-corrected chi connectivity index (χ2v) is 10.5. The number of fused-ring (bicyclic) bond motifs is 2. The van der Waals surface area contributed by atoms with Gasteiger partial charge in [-0.25, -0.2) is 24.3 Å². The Kier molecular flexibility index (Phi) is 11.4. The minimum Gasteiger partial charge on any atom is -0.395 e.